The molecule has 1 amide bonds. The van der Waals surface area contributed by atoms with Crippen molar-refractivity contribution in [2.24, 2.45) is 0 Å². The molecule has 5 heteroatoms. The Morgan fingerprint density at radius 1 is 1.18 bits per heavy atom. The highest BCUT2D eigenvalue weighted by molar-refractivity contribution is 7.16. The average molecular weight is 393 g/mol. The van der Waals surface area contributed by atoms with Gasteiger partial charge < -0.3 is 9.64 Å². The highest BCUT2D eigenvalue weighted by atomic mass is 32.1. The zero-order valence-electron chi connectivity index (χ0n) is 16.3. The van der Waals surface area contributed by atoms with E-state index in [1.54, 1.807) is 17.5 Å². The number of thiazole rings is 1. The van der Waals surface area contributed by atoms with Crippen LogP contribution in [-0.4, -0.2) is 24.5 Å². The molecule has 3 aromatic rings. The van der Waals surface area contributed by atoms with Gasteiger partial charge in [-0.25, -0.2) is 4.98 Å². The van der Waals surface area contributed by atoms with E-state index in [0.29, 0.717) is 12.2 Å². The predicted octanol–water partition coefficient (Wildman–Crippen LogP) is 5.54. The molecule has 28 heavy (non-hydrogen) atoms. The number of benzene rings is 2. The van der Waals surface area contributed by atoms with Gasteiger partial charge >= 0.3 is 0 Å². The Balaban J connectivity index is 1.58. The molecule has 0 aliphatic carbocycles. The van der Waals surface area contributed by atoms with Crippen LogP contribution in [0.4, 0.5) is 5.69 Å². The van der Waals surface area contributed by atoms with Gasteiger partial charge in [-0.2, -0.15) is 0 Å². The quantitative estimate of drug-likeness (QED) is 0.374. The minimum atomic E-state index is -0.0514. The monoisotopic (exact) mass is 392 g/mol. The molecule has 0 spiro atoms. The summed E-state index contributed by atoms with van der Waals surface area (Å²) in [7, 11) is 1.78. The molecule has 0 saturated carbocycles. The van der Waals surface area contributed by atoms with Gasteiger partial charge in [0, 0.05) is 30.8 Å². The minimum Gasteiger partial charge on any atom is -0.494 e. The molecule has 3 rings (SSSR count). The number of carbonyl (C=O) groups excluding carboxylic acids is 1. The van der Waals surface area contributed by atoms with Crippen LogP contribution in [0.15, 0.2) is 48.0 Å². The van der Waals surface area contributed by atoms with Crippen LogP contribution in [0.2, 0.25) is 0 Å². The largest absolute Gasteiger partial charge is 0.494 e. The van der Waals surface area contributed by atoms with Crippen molar-refractivity contribution in [2.45, 2.75) is 32.6 Å². The van der Waals surface area contributed by atoms with Gasteiger partial charge in [-0.05, 0) is 56.5 Å². The number of nitrogens with zero attached hydrogens (tertiary/aromatic N) is 2. The van der Waals surface area contributed by atoms with Crippen LogP contribution < -0.4 is 9.64 Å². The van der Waals surface area contributed by atoms with Gasteiger partial charge in [0.1, 0.15) is 5.75 Å². The summed E-state index contributed by atoms with van der Waals surface area (Å²) in [5, 5.41) is 0. The van der Waals surface area contributed by atoms with E-state index in [1.165, 1.54) is 11.3 Å². The second kappa shape index (κ2) is 9.91. The summed E-state index contributed by atoms with van der Waals surface area (Å²) in [6.45, 7) is 2.54. The number of fused-ring (bicyclic) bond motifs is 1. The lowest BCUT2D eigenvalue weighted by Crippen LogP contribution is -2.26. The number of amides is 1. The molecular formula is C23H24N2O2S. The van der Waals surface area contributed by atoms with E-state index in [0.717, 1.165) is 47.3 Å². The van der Waals surface area contributed by atoms with Crippen LogP contribution in [-0.2, 0) is 0 Å². The first kappa shape index (κ1) is 19.9. The van der Waals surface area contributed by atoms with Gasteiger partial charge in [0.25, 0.3) is 5.91 Å². The van der Waals surface area contributed by atoms with Gasteiger partial charge in [0.15, 0.2) is 0 Å². The third-order valence-corrected chi connectivity index (χ3v) is 5.27. The molecule has 0 bridgehead atoms. The van der Waals surface area contributed by atoms with E-state index in [9.17, 15) is 4.79 Å². The summed E-state index contributed by atoms with van der Waals surface area (Å²) >= 11 is 1.54. The average Bonchev–Trinajstić information content (AvgIpc) is 3.20. The maximum atomic E-state index is 12.9. The number of carbonyl (C=O) groups is 1. The van der Waals surface area contributed by atoms with Crippen LogP contribution in [0, 0.1) is 11.8 Å². The highest BCUT2D eigenvalue weighted by Gasteiger charge is 2.15. The molecule has 0 aliphatic heterocycles. The van der Waals surface area contributed by atoms with Gasteiger partial charge in [-0.1, -0.05) is 6.07 Å². The molecule has 0 saturated heterocycles. The zero-order chi connectivity index (χ0) is 19.8. The lowest BCUT2D eigenvalue weighted by atomic mass is 10.1. The molecule has 1 heterocycles. The summed E-state index contributed by atoms with van der Waals surface area (Å²) in [6, 6.07) is 13.3. The van der Waals surface area contributed by atoms with Crippen LogP contribution in [0.25, 0.3) is 10.2 Å². The fraction of sp³-hybridized carbons (Fsp3) is 0.304. The van der Waals surface area contributed by atoms with Gasteiger partial charge in [0.05, 0.1) is 22.3 Å². The molecule has 0 radical (unpaired) electrons. The standard InChI is InChI=1S/C23H24N2O2S/c1-3-4-5-6-7-8-14-27-20-11-9-10-19(16-20)25(2)23(26)18-12-13-21-22(15-18)28-17-24-21/h9-13,15-17H,5-8,14H2,1-2H3. The van der Waals surface area contributed by atoms with Crippen molar-refractivity contribution >= 4 is 33.1 Å². The maximum absolute atomic E-state index is 12.9. The van der Waals surface area contributed by atoms with E-state index >= 15 is 0 Å². The topological polar surface area (TPSA) is 42.4 Å². The Bertz CT molecular complexity index is 1000. The third kappa shape index (κ3) is 5.11. The predicted molar refractivity (Wildman–Crippen MR) is 116 cm³/mol. The first-order chi connectivity index (χ1) is 13.7. The molecule has 0 aliphatic rings. The molecule has 144 valence electrons. The van der Waals surface area contributed by atoms with Crippen LogP contribution in [0.3, 0.4) is 0 Å². The Kier molecular flexibility index (Phi) is 7.05. The lowest BCUT2D eigenvalue weighted by Gasteiger charge is -2.18. The normalized spacial score (nSPS) is 10.4. The molecule has 4 nitrogen and oxygen atoms in total. The van der Waals surface area contributed by atoms with Crippen molar-refractivity contribution < 1.29 is 9.53 Å². The second-order valence-electron chi connectivity index (χ2n) is 6.48. The minimum absolute atomic E-state index is 0.0514. The summed E-state index contributed by atoms with van der Waals surface area (Å²) in [6.07, 6.45) is 4.16. The van der Waals surface area contributed by atoms with Crippen LogP contribution >= 0.6 is 11.3 Å². The van der Waals surface area contributed by atoms with Gasteiger partial charge in [0.2, 0.25) is 0 Å². The zero-order valence-corrected chi connectivity index (χ0v) is 17.1. The number of rotatable bonds is 8. The number of anilines is 1. The molecule has 2 aromatic carbocycles. The SMILES string of the molecule is CC#CCCCCCOc1cccc(N(C)C(=O)c2ccc3ncsc3c2)c1. The Morgan fingerprint density at radius 3 is 2.93 bits per heavy atom. The molecule has 1 aromatic heterocycles. The summed E-state index contributed by atoms with van der Waals surface area (Å²) in [5.74, 6) is 6.72. The van der Waals surface area contributed by atoms with E-state index in [4.69, 9.17) is 4.74 Å². The van der Waals surface area contributed by atoms with Crippen molar-refractivity contribution in [1.29, 1.82) is 0 Å². The first-order valence-electron chi connectivity index (χ1n) is 9.43. The summed E-state index contributed by atoms with van der Waals surface area (Å²) in [4.78, 5) is 18.8. The summed E-state index contributed by atoms with van der Waals surface area (Å²) < 4.78 is 6.87. The van der Waals surface area contributed by atoms with Crippen molar-refractivity contribution in [1.82, 2.24) is 4.98 Å². The Labute approximate surface area is 170 Å². The van der Waals surface area contributed by atoms with Crippen molar-refractivity contribution in [3.8, 4) is 17.6 Å². The number of hydrogen-bond acceptors (Lipinski definition) is 4. The van der Waals surface area contributed by atoms with Gasteiger partial charge in [-0.15, -0.1) is 23.2 Å². The van der Waals surface area contributed by atoms with Gasteiger partial charge in [-0.3, -0.25) is 4.79 Å². The number of ether oxygens (including phenoxy) is 1. The van der Waals surface area contributed by atoms with Crippen LogP contribution in [0.5, 0.6) is 5.75 Å². The van der Waals surface area contributed by atoms with E-state index in [2.05, 4.69) is 16.8 Å². The first-order valence-corrected chi connectivity index (χ1v) is 10.3. The highest BCUT2D eigenvalue weighted by Crippen LogP contribution is 2.24. The number of hydrogen-bond donors (Lipinski definition) is 0. The third-order valence-electron chi connectivity index (χ3n) is 4.48. The molecule has 0 atom stereocenters. The molecular weight excluding hydrogens is 368 g/mol. The Hall–Kier alpha value is -2.84. The Morgan fingerprint density at radius 2 is 2.07 bits per heavy atom. The lowest BCUT2D eigenvalue weighted by molar-refractivity contribution is 0.0993. The van der Waals surface area contributed by atoms with Crippen LogP contribution in [0.1, 0.15) is 43.0 Å². The van der Waals surface area contributed by atoms with Crippen molar-refractivity contribution in [2.75, 3.05) is 18.6 Å². The second-order valence-corrected chi connectivity index (χ2v) is 7.37. The van der Waals surface area contributed by atoms with E-state index < -0.39 is 0 Å². The number of unbranched alkanes of at least 4 members (excludes halogenated alkanes) is 3. The molecule has 0 fully saturated rings. The van der Waals surface area contributed by atoms with Crippen molar-refractivity contribution in [3.05, 3.63) is 53.5 Å². The molecule has 0 unspecified atom stereocenters. The fourth-order valence-corrected chi connectivity index (χ4v) is 3.60. The smallest absolute Gasteiger partial charge is 0.258 e. The van der Waals surface area contributed by atoms with E-state index in [1.807, 2.05) is 49.4 Å². The fourth-order valence-electron chi connectivity index (χ4n) is 2.89. The van der Waals surface area contributed by atoms with E-state index in [-0.39, 0.29) is 5.91 Å². The van der Waals surface area contributed by atoms with Crippen molar-refractivity contribution in [3.63, 3.8) is 0 Å². The summed E-state index contributed by atoms with van der Waals surface area (Å²) in [5.41, 5.74) is 4.17. The maximum Gasteiger partial charge on any atom is 0.258 e. The molecule has 0 N–H and O–H groups in total. The number of aromatic nitrogens is 1.